The number of rotatable bonds is 8. The summed E-state index contributed by atoms with van der Waals surface area (Å²) in [4.78, 5) is 7.48. The van der Waals surface area contributed by atoms with Crippen LogP contribution in [0.1, 0.15) is 52.5 Å². The number of hydrogen-bond acceptors (Lipinski definition) is 2. The van der Waals surface area contributed by atoms with Crippen LogP contribution in [0.3, 0.4) is 0 Å². The maximum Gasteiger partial charge on any atom is 0.191 e. The zero-order chi connectivity index (χ0) is 18.8. The molecule has 0 saturated carbocycles. The van der Waals surface area contributed by atoms with Crippen molar-refractivity contribution in [3.05, 3.63) is 35.9 Å². The number of benzene rings is 1. The Morgan fingerprint density at radius 2 is 1.96 bits per heavy atom. The van der Waals surface area contributed by atoms with Crippen molar-refractivity contribution in [3.63, 3.8) is 0 Å². The highest BCUT2D eigenvalue weighted by atomic mass is 127. The molecular formula is C22H39IN4. The van der Waals surface area contributed by atoms with Gasteiger partial charge in [0.15, 0.2) is 5.96 Å². The minimum atomic E-state index is 0. The van der Waals surface area contributed by atoms with Gasteiger partial charge in [0.25, 0.3) is 0 Å². The molecular weight excluding hydrogens is 447 g/mol. The summed E-state index contributed by atoms with van der Waals surface area (Å²) in [7, 11) is 0. The van der Waals surface area contributed by atoms with Crippen molar-refractivity contribution in [1.82, 2.24) is 15.5 Å². The van der Waals surface area contributed by atoms with Gasteiger partial charge in [0, 0.05) is 31.7 Å². The van der Waals surface area contributed by atoms with Crippen LogP contribution in [0.2, 0.25) is 0 Å². The second-order valence-corrected chi connectivity index (χ2v) is 7.89. The van der Waals surface area contributed by atoms with E-state index in [4.69, 9.17) is 4.99 Å². The molecule has 0 amide bonds. The fourth-order valence-electron chi connectivity index (χ4n) is 3.59. The van der Waals surface area contributed by atoms with Crippen molar-refractivity contribution >= 4 is 29.9 Å². The van der Waals surface area contributed by atoms with E-state index in [1.807, 2.05) is 0 Å². The first-order valence-electron chi connectivity index (χ1n) is 10.4. The smallest absolute Gasteiger partial charge is 0.191 e. The molecule has 1 aliphatic rings. The molecule has 0 spiro atoms. The van der Waals surface area contributed by atoms with E-state index in [9.17, 15) is 0 Å². The molecule has 4 nitrogen and oxygen atoms in total. The average Bonchev–Trinajstić information content (AvgIpc) is 2.66. The Labute approximate surface area is 183 Å². The van der Waals surface area contributed by atoms with Crippen molar-refractivity contribution in [2.24, 2.45) is 10.9 Å². The quantitative estimate of drug-likeness (QED) is 0.327. The van der Waals surface area contributed by atoms with E-state index >= 15 is 0 Å². The lowest BCUT2D eigenvalue weighted by Gasteiger charge is -2.35. The molecule has 1 aromatic carbocycles. The zero-order valence-electron chi connectivity index (χ0n) is 17.6. The van der Waals surface area contributed by atoms with Crippen LogP contribution < -0.4 is 10.6 Å². The van der Waals surface area contributed by atoms with Gasteiger partial charge in [-0.05, 0) is 71.4 Å². The molecule has 1 aromatic rings. The minimum absolute atomic E-state index is 0. The van der Waals surface area contributed by atoms with Crippen molar-refractivity contribution < 1.29 is 0 Å². The summed E-state index contributed by atoms with van der Waals surface area (Å²) in [5.74, 6) is 1.65. The maximum atomic E-state index is 4.89. The molecule has 2 atom stereocenters. The standard InChI is InChI=1S/C22H38N4.HI/c1-5-23-22(24-16-21-12-9-15-26(17-21)18(2)3)25-19(4)13-14-20-10-7-6-8-11-20;/h6-8,10-11,18-19,21H,5,9,12-17H2,1-4H3,(H2,23,24,25);1H. The zero-order valence-corrected chi connectivity index (χ0v) is 19.9. The molecule has 0 bridgehead atoms. The predicted molar refractivity (Wildman–Crippen MR) is 128 cm³/mol. The van der Waals surface area contributed by atoms with Gasteiger partial charge >= 0.3 is 0 Å². The van der Waals surface area contributed by atoms with Crippen molar-refractivity contribution in [2.75, 3.05) is 26.2 Å². The fraction of sp³-hybridized carbons (Fsp3) is 0.682. The largest absolute Gasteiger partial charge is 0.357 e. The molecule has 0 aliphatic carbocycles. The highest BCUT2D eigenvalue weighted by Crippen LogP contribution is 2.18. The molecule has 1 heterocycles. The van der Waals surface area contributed by atoms with E-state index in [0.717, 1.165) is 31.9 Å². The molecule has 0 aromatic heterocycles. The number of nitrogens with one attached hydrogen (secondary N) is 2. The SMILES string of the molecule is CCNC(=NCC1CCCN(C(C)C)C1)NC(C)CCc1ccccc1.I. The molecule has 154 valence electrons. The Morgan fingerprint density at radius 1 is 1.22 bits per heavy atom. The van der Waals surface area contributed by atoms with Gasteiger partial charge in [-0.15, -0.1) is 24.0 Å². The highest BCUT2D eigenvalue weighted by Gasteiger charge is 2.21. The topological polar surface area (TPSA) is 39.7 Å². The highest BCUT2D eigenvalue weighted by molar-refractivity contribution is 14.0. The van der Waals surface area contributed by atoms with Crippen molar-refractivity contribution in [1.29, 1.82) is 0 Å². The Hall–Kier alpha value is -0.820. The van der Waals surface area contributed by atoms with E-state index in [-0.39, 0.29) is 24.0 Å². The van der Waals surface area contributed by atoms with E-state index in [1.165, 1.54) is 31.5 Å². The van der Waals surface area contributed by atoms with Crippen LogP contribution in [0.25, 0.3) is 0 Å². The van der Waals surface area contributed by atoms with Crippen LogP contribution in [0, 0.1) is 5.92 Å². The Morgan fingerprint density at radius 3 is 2.63 bits per heavy atom. The van der Waals surface area contributed by atoms with Crippen LogP contribution in [0.15, 0.2) is 35.3 Å². The van der Waals surface area contributed by atoms with Crippen LogP contribution >= 0.6 is 24.0 Å². The van der Waals surface area contributed by atoms with E-state index in [0.29, 0.717) is 18.0 Å². The Balaban J connectivity index is 0.00000364. The third-order valence-corrected chi connectivity index (χ3v) is 5.22. The minimum Gasteiger partial charge on any atom is -0.357 e. The lowest BCUT2D eigenvalue weighted by Crippen LogP contribution is -2.44. The molecule has 27 heavy (non-hydrogen) atoms. The maximum absolute atomic E-state index is 4.89. The number of halogens is 1. The number of aliphatic imine (C=N–C) groups is 1. The van der Waals surface area contributed by atoms with Gasteiger partial charge in [-0.3, -0.25) is 4.99 Å². The number of likely N-dealkylation sites (tertiary alicyclic amines) is 1. The average molecular weight is 486 g/mol. The monoisotopic (exact) mass is 486 g/mol. The molecule has 1 saturated heterocycles. The van der Waals surface area contributed by atoms with Crippen molar-refractivity contribution in [2.45, 2.75) is 65.5 Å². The number of aryl methyl sites for hydroxylation is 1. The molecule has 1 fully saturated rings. The van der Waals surface area contributed by atoms with Crippen LogP contribution in [0.4, 0.5) is 0 Å². The number of guanidine groups is 1. The van der Waals surface area contributed by atoms with Gasteiger partial charge in [-0.2, -0.15) is 0 Å². The molecule has 0 radical (unpaired) electrons. The van der Waals surface area contributed by atoms with E-state index in [1.54, 1.807) is 0 Å². The normalized spacial score (nSPS) is 19.4. The first-order valence-corrected chi connectivity index (χ1v) is 10.4. The first-order chi connectivity index (χ1) is 12.6. The summed E-state index contributed by atoms with van der Waals surface area (Å²) in [5, 5.41) is 7.00. The predicted octanol–water partition coefficient (Wildman–Crippen LogP) is 4.30. The van der Waals surface area contributed by atoms with E-state index < -0.39 is 0 Å². The molecule has 1 aliphatic heterocycles. The van der Waals surface area contributed by atoms with Crippen LogP contribution in [-0.4, -0.2) is 49.1 Å². The lowest BCUT2D eigenvalue weighted by molar-refractivity contribution is 0.143. The summed E-state index contributed by atoms with van der Waals surface area (Å²) in [5.41, 5.74) is 1.40. The molecule has 5 heteroatoms. The summed E-state index contributed by atoms with van der Waals surface area (Å²) in [6.07, 6.45) is 4.81. The second-order valence-electron chi connectivity index (χ2n) is 7.89. The van der Waals surface area contributed by atoms with Crippen molar-refractivity contribution in [3.8, 4) is 0 Å². The molecule has 2 unspecified atom stereocenters. The van der Waals surface area contributed by atoms with Gasteiger partial charge in [-0.1, -0.05) is 30.3 Å². The second kappa shape index (κ2) is 13.4. The third-order valence-electron chi connectivity index (χ3n) is 5.22. The van der Waals surface area contributed by atoms with Gasteiger partial charge in [0.1, 0.15) is 0 Å². The summed E-state index contributed by atoms with van der Waals surface area (Å²) < 4.78 is 0. The Bertz CT molecular complexity index is 532. The number of hydrogen-bond donors (Lipinski definition) is 2. The van der Waals surface area contributed by atoms with Crippen LogP contribution in [0.5, 0.6) is 0 Å². The third kappa shape index (κ3) is 9.28. The first kappa shape index (κ1) is 24.2. The van der Waals surface area contributed by atoms with Gasteiger partial charge < -0.3 is 15.5 Å². The summed E-state index contributed by atoms with van der Waals surface area (Å²) in [6, 6.07) is 11.8. The van der Waals surface area contributed by atoms with Gasteiger partial charge in [-0.25, -0.2) is 0 Å². The number of piperidine rings is 1. The molecule has 2 N–H and O–H groups in total. The Kier molecular flexibility index (Phi) is 12.0. The fourth-order valence-corrected chi connectivity index (χ4v) is 3.59. The van der Waals surface area contributed by atoms with Gasteiger partial charge in [0.05, 0.1) is 0 Å². The summed E-state index contributed by atoms with van der Waals surface area (Å²) in [6.45, 7) is 13.2. The summed E-state index contributed by atoms with van der Waals surface area (Å²) >= 11 is 0. The van der Waals surface area contributed by atoms with Crippen LogP contribution in [-0.2, 0) is 6.42 Å². The lowest BCUT2D eigenvalue weighted by atomic mass is 9.97. The van der Waals surface area contributed by atoms with E-state index in [2.05, 4.69) is 73.6 Å². The molecule has 2 rings (SSSR count). The van der Waals surface area contributed by atoms with Gasteiger partial charge in [0.2, 0.25) is 0 Å². The number of nitrogens with zero attached hydrogens (tertiary/aromatic N) is 2.